The van der Waals surface area contributed by atoms with Gasteiger partial charge in [-0.05, 0) is 53.2 Å². The van der Waals surface area contributed by atoms with Gasteiger partial charge in [-0.1, -0.05) is 11.6 Å². The molecule has 0 saturated carbocycles. The van der Waals surface area contributed by atoms with Crippen molar-refractivity contribution in [2.24, 2.45) is 0 Å². The molecule has 82 valence electrons. The molecule has 1 heterocycles. The van der Waals surface area contributed by atoms with Gasteiger partial charge >= 0.3 is 0 Å². The maximum Gasteiger partial charge on any atom is 0.228 e. The van der Waals surface area contributed by atoms with Crippen LogP contribution in [0.25, 0.3) is 0 Å². The first-order valence-corrected chi connectivity index (χ1v) is 5.84. The second-order valence-corrected chi connectivity index (χ2v) is 4.54. The summed E-state index contributed by atoms with van der Waals surface area (Å²) in [5, 5.41) is 3.81. The Bertz CT molecular complexity index is 479. The van der Waals surface area contributed by atoms with Gasteiger partial charge in [0.1, 0.15) is 4.60 Å². The van der Waals surface area contributed by atoms with Crippen molar-refractivity contribution in [2.75, 3.05) is 5.32 Å². The molecule has 0 aliphatic rings. The van der Waals surface area contributed by atoms with Gasteiger partial charge < -0.3 is 5.32 Å². The van der Waals surface area contributed by atoms with E-state index in [4.69, 9.17) is 11.6 Å². The first kappa shape index (κ1) is 11.4. The topological polar surface area (TPSA) is 37.8 Å². The number of aryl methyl sites for hydroxylation is 1. The van der Waals surface area contributed by atoms with Crippen LogP contribution in [0.15, 0.2) is 34.9 Å². The van der Waals surface area contributed by atoms with Gasteiger partial charge in [0.15, 0.2) is 0 Å². The third-order valence-corrected chi connectivity index (χ3v) is 2.58. The average Bonchev–Trinajstić information content (AvgIpc) is 2.20. The first-order chi connectivity index (χ1) is 7.63. The summed E-state index contributed by atoms with van der Waals surface area (Å²) < 4.78 is 0.761. The van der Waals surface area contributed by atoms with Crippen molar-refractivity contribution < 1.29 is 0 Å². The zero-order chi connectivity index (χ0) is 11.5. The molecular weight excluding hydrogens is 289 g/mol. The van der Waals surface area contributed by atoms with Gasteiger partial charge in [0.05, 0.1) is 0 Å². The molecule has 0 atom stereocenters. The molecule has 0 spiro atoms. The molecular formula is C11H9BrClN3. The summed E-state index contributed by atoms with van der Waals surface area (Å²) in [6, 6.07) is 9.24. The zero-order valence-electron chi connectivity index (χ0n) is 8.54. The van der Waals surface area contributed by atoms with Gasteiger partial charge in [0.25, 0.3) is 0 Å². The maximum atomic E-state index is 5.80. The molecule has 0 radical (unpaired) electrons. The van der Waals surface area contributed by atoms with Gasteiger partial charge in [-0.15, -0.1) is 0 Å². The molecule has 0 amide bonds. The summed E-state index contributed by atoms with van der Waals surface area (Å²) in [6.45, 7) is 1.92. The highest BCUT2D eigenvalue weighted by atomic mass is 79.9. The van der Waals surface area contributed by atoms with E-state index in [0.717, 1.165) is 16.0 Å². The van der Waals surface area contributed by atoms with Crippen LogP contribution in [0.4, 0.5) is 11.6 Å². The summed E-state index contributed by atoms with van der Waals surface area (Å²) in [4.78, 5) is 8.48. The summed E-state index contributed by atoms with van der Waals surface area (Å²) >= 11 is 9.12. The van der Waals surface area contributed by atoms with Crippen LogP contribution in [0.3, 0.4) is 0 Å². The van der Waals surface area contributed by atoms with E-state index in [0.29, 0.717) is 11.0 Å². The fraction of sp³-hybridized carbons (Fsp3) is 0.0909. The minimum absolute atomic E-state index is 0.564. The number of aromatic nitrogens is 2. The Balaban J connectivity index is 2.23. The Morgan fingerprint density at radius 2 is 1.88 bits per heavy atom. The molecule has 2 rings (SSSR count). The summed E-state index contributed by atoms with van der Waals surface area (Å²) in [6.07, 6.45) is 0. The van der Waals surface area contributed by atoms with Crippen molar-refractivity contribution in [1.29, 1.82) is 0 Å². The molecule has 1 N–H and O–H groups in total. The molecule has 0 fully saturated rings. The quantitative estimate of drug-likeness (QED) is 0.853. The fourth-order valence-corrected chi connectivity index (χ4v) is 1.87. The molecule has 0 unspecified atom stereocenters. The Labute approximate surface area is 107 Å². The zero-order valence-corrected chi connectivity index (χ0v) is 10.9. The SMILES string of the molecule is Cc1cc(Br)nc(Nc2ccc(Cl)cc2)n1. The van der Waals surface area contributed by atoms with Crippen molar-refractivity contribution in [1.82, 2.24) is 9.97 Å². The minimum Gasteiger partial charge on any atom is -0.324 e. The van der Waals surface area contributed by atoms with Crippen LogP contribution in [0.2, 0.25) is 5.02 Å². The lowest BCUT2D eigenvalue weighted by Gasteiger charge is -2.05. The number of hydrogen-bond acceptors (Lipinski definition) is 3. The monoisotopic (exact) mass is 297 g/mol. The number of halogens is 2. The van der Waals surface area contributed by atoms with E-state index in [1.807, 2.05) is 37.3 Å². The van der Waals surface area contributed by atoms with Gasteiger partial charge in [0, 0.05) is 16.4 Å². The van der Waals surface area contributed by atoms with E-state index in [1.165, 1.54) is 0 Å². The maximum absolute atomic E-state index is 5.80. The Morgan fingerprint density at radius 1 is 1.19 bits per heavy atom. The van der Waals surface area contributed by atoms with Crippen molar-refractivity contribution >= 4 is 39.2 Å². The summed E-state index contributed by atoms with van der Waals surface area (Å²) in [5.41, 5.74) is 1.81. The molecule has 16 heavy (non-hydrogen) atoms. The Morgan fingerprint density at radius 3 is 2.50 bits per heavy atom. The Kier molecular flexibility index (Phi) is 3.41. The van der Waals surface area contributed by atoms with Crippen molar-refractivity contribution in [3.05, 3.63) is 45.7 Å². The van der Waals surface area contributed by atoms with Gasteiger partial charge in [-0.3, -0.25) is 0 Å². The number of nitrogens with zero attached hydrogens (tertiary/aromatic N) is 2. The predicted molar refractivity (Wildman–Crippen MR) is 69.2 cm³/mol. The van der Waals surface area contributed by atoms with E-state index in [2.05, 4.69) is 31.2 Å². The van der Waals surface area contributed by atoms with Crippen molar-refractivity contribution in [3.8, 4) is 0 Å². The van der Waals surface area contributed by atoms with Crippen LogP contribution in [-0.4, -0.2) is 9.97 Å². The number of nitrogens with one attached hydrogen (secondary N) is 1. The molecule has 0 aliphatic heterocycles. The van der Waals surface area contributed by atoms with E-state index in [-0.39, 0.29) is 0 Å². The molecule has 5 heteroatoms. The number of anilines is 2. The van der Waals surface area contributed by atoms with Gasteiger partial charge in [-0.2, -0.15) is 0 Å². The fourth-order valence-electron chi connectivity index (χ4n) is 1.25. The summed E-state index contributed by atoms with van der Waals surface area (Å²) in [5.74, 6) is 0.564. The molecule has 2 aromatic rings. The highest BCUT2D eigenvalue weighted by Crippen LogP contribution is 2.18. The lowest BCUT2D eigenvalue weighted by Crippen LogP contribution is -1.98. The lowest BCUT2D eigenvalue weighted by molar-refractivity contribution is 1.08. The highest BCUT2D eigenvalue weighted by Gasteiger charge is 2.00. The molecule has 1 aromatic carbocycles. The minimum atomic E-state index is 0.564. The molecule has 0 bridgehead atoms. The van der Waals surface area contributed by atoms with Gasteiger partial charge in [0.2, 0.25) is 5.95 Å². The van der Waals surface area contributed by atoms with Crippen LogP contribution < -0.4 is 5.32 Å². The van der Waals surface area contributed by atoms with Crippen LogP contribution in [0, 0.1) is 6.92 Å². The Hall–Kier alpha value is -1.13. The van der Waals surface area contributed by atoms with Crippen LogP contribution in [-0.2, 0) is 0 Å². The van der Waals surface area contributed by atoms with Crippen LogP contribution in [0.1, 0.15) is 5.69 Å². The van der Waals surface area contributed by atoms with E-state index < -0.39 is 0 Å². The third-order valence-electron chi connectivity index (χ3n) is 1.92. The highest BCUT2D eigenvalue weighted by molar-refractivity contribution is 9.10. The summed E-state index contributed by atoms with van der Waals surface area (Å²) in [7, 11) is 0. The first-order valence-electron chi connectivity index (χ1n) is 4.67. The molecule has 1 aromatic heterocycles. The standard InChI is InChI=1S/C11H9BrClN3/c1-7-6-10(12)16-11(14-7)15-9-4-2-8(13)3-5-9/h2-6H,1H3,(H,14,15,16). The number of benzene rings is 1. The normalized spacial score (nSPS) is 10.2. The van der Waals surface area contributed by atoms with E-state index in [1.54, 1.807) is 0 Å². The van der Waals surface area contributed by atoms with Crippen LogP contribution >= 0.6 is 27.5 Å². The van der Waals surface area contributed by atoms with Gasteiger partial charge in [-0.25, -0.2) is 9.97 Å². The van der Waals surface area contributed by atoms with Crippen molar-refractivity contribution in [2.45, 2.75) is 6.92 Å². The molecule has 3 nitrogen and oxygen atoms in total. The van der Waals surface area contributed by atoms with E-state index in [9.17, 15) is 0 Å². The number of rotatable bonds is 2. The third kappa shape index (κ3) is 2.93. The van der Waals surface area contributed by atoms with Crippen LogP contribution in [0.5, 0.6) is 0 Å². The average molecular weight is 299 g/mol. The molecule has 0 saturated heterocycles. The lowest BCUT2D eigenvalue weighted by atomic mass is 10.3. The second kappa shape index (κ2) is 4.80. The smallest absolute Gasteiger partial charge is 0.228 e. The number of hydrogen-bond donors (Lipinski definition) is 1. The van der Waals surface area contributed by atoms with Crippen molar-refractivity contribution in [3.63, 3.8) is 0 Å². The molecule has 0 aliphatic carbocycles. The van der Waals surface area contributed by atoms with E-state index >= 15 is 0 Å². The second-order valence-electron chi connectivity index (χ2n) is 3.29. The largest absolute Gasteiger partial charge is 0.324 e. The predicted octanol–water partition coefficient (Wildman–Crippen LogP) is 3.94.